The van der Waals surface area contributed by atoms with Crippen molar-refractivity contribution in [2.75, 3.05) is 13.1 Å². The Morgan fingerprint density at radius 1 is 1.17 bits per heavy atom. The van der Waals surface area contributed by atoms with E-state index in [1.807, 2.05) is 6.08 Å². The minimum absolute atomic E-state index is 0.580. The van der Waals surface area contributed by atoms with Crippen LogP contribution < -0.4 is 17.2 Å². The molecular formula is C9H21N3. The van der Waals surface area contributed by atoms with Crippen LogP contribution in [0.1, 0.15) is 25.7 Å². The van der Waals surface area contributed by atoms with Crippen LogP contribution in [0.5, 0.6) is 0 Å². The third-order valence-corrected chi connectivity index (χ3v) is 2.01. The summed E-state index contributed by atoms with van der Waals surface area (Å²) in [7, 11) is 0. The van der Waals surface area contributed by atoms with Crippen molar-refractivity contribution in [2.24, 2.45) is 23.1 Å². The maximum Gasteiger partial charge on any atom is -0.00459 e. The summed E-state index contributed by atoms with van der Waals surface area (Å²) in [5, 5.41) is 0. The number of hydrogen-bond donors (Lipinski definition) is 3. The van der Waals surface area contributed by atoms with Gasteiger partial charge in [0.25, 0.3) is 0 Å². The summed E-state index contributed by atoms with van der Waals surface area (Å²) in [4.78, 5) is 0. The van der Waals surface area contributed by atoms with Crippen molar-refractivity contribution >= 4 is 0 Å². The van der Waals surface area contributed by atoms with Gasteiger partial charge in [-0.3, -0.25) is 0 Å². The van der Waals surface area contributed by atoms with Gasteiger partial charge in [-0.15, -0.1) is 0 Å². The summed E-state index contributed by atoms with van der Waals surface area (Å²) in [6.07, 6.45) is 8.00. The van der Waals surface area contributed by atoms with Gasteiger partial charge in [-0.05, 0) is 44.5 Å². The summed E-state index contributed by atoms with van der Waals surface area (Å²) >= 11 is 0. The fourth-order valence-corrected chi connectivity index (χ4v) is 1.18. The predicted molar refractivity (Wildman–Crippen MR) is 53.4 cm³/mol. The van der Waals surface area contributed by atoms with E-state index in [1.54, 1.807) is 6.20 Å². The first-order valence-corrected chi connectivity index (χ1v) is 4.62. The molecule has 0 rings (SSSR count). The molecule has 0 fully saturated rings. The number of unbranched alkanes of at least 4 members (excludes halogenated alkanes) is 1. The number of rotatable bonds is 7. The summed E-state index contributed by atoms with van der Waals surface area (Å²) in [5.41, 5.74) is 16.2. The third-order valence-electron chi connectivity index (χ3n) is 2.01. The molecule has 1 atom stereocenters. The van der Waals surface area contributed by atoms with E-state index in [0.29, 0.717) is 5.92 Å². The molecule has 0 heterocycles. The molecule has 0 saturated heterocycles. The van der Waals surface area contributed by atoms with Crippen LogP contribution in [0.4, 0.5) is 0 Å². The molecule has 3 nitrogen and oxygen atoms in total. The van der Waals surface area contributed by atoms with Crippen LogP contribution in [0.3, 0.4) is 0 Å². The fourth-order valence-electron chi connectivity index (χ4n) is 1.18. The quantitative estimate of drug-likeness (QED) is 0.490. The van der Waals surface area contributed by atoms with Crippen molar-refractivity contribution in [1.29, 1.82) is 0 Å². The van der Waals surface area contributed by atoms with E-state index in [9.17, 15) is 0 Å². The molecule has 1 unspecified atom stereocenters. The van der Waals surface area contributed by atoms with Gasteiger partial charge in [-0.2, -0.15) is 0 Å². The van der Waals surface area contributed by atoms with Gasteiger partial charge in [0.15, 0.2) is 0 Å². The highest BCUT2D eigenvalue weighted by Crippen LogP contribution is 2.11. The Morgan fingerprint density at radius 3 is 2.42 bits per heavy atom. The van der Waals surface area contributed by atoms with Crippen molar-refractivity contribution in [3.05, 3.63) is 12.3 Å². The normalized spacial score (nSPS) is 13.8. The lowest BCUT2D eigenvalue weighted by molar-refractivity contribution is 0.475. The second-order valence-corrected chi connectivity index (χ2v) is 3.05. The lowest BCUT2D eigenvalue weighted by atomic mass is 9.98. The topological polar surface area (TPSA) is 78.1 Å². The molecule has 0 amide bonds. The molecule has 3 heteroatoms. The molecular weight excluding hydrogens is 150 g/mol. The third kappa shape index (κ3) is 6.19. The van der Waals surface area contributed by atoms with Crippen molar-refractivity contribution < 1.29 is 0 Å². The van der Waals surface area contributed by atoms with E-state index >= 15 is 0 Å². The molecule has 0 bridgehead atoms. The van der Waals surface area contributed by atoms with Gasteiger partial charge in [-0.25, -0.2) is 0 Å². The van der Waals surface area contributed by atoms with Crippen molar-refractivity contribution in [3.8, 4) is 0 Å². The van der Waals surface area contributed by atoms with Gasteiger partial charge >= 0.3 is 0 Å². The molecule has 0 spiro atoms. The monoisotopic (exact) mass is 171 g/mol. The zero-order chi connectivity index (χ0) is 9.23. The maximum atomic E-state index is 5.59. The first-order chi connectivity index (χ1) is 5.85. The Bertz CT molecular complexity index is 112. The average Bonchev–Trinajstić information content (AvgIpc) is 2.11. The van der Waals surface area contributed by atoms with E-state index < -0.39 is 0 Å². The fraction of sp³-hybridized carbons (Fsp3) is 0.778. The molecule has 12 heavy (non-hydrogen) atoms. The smallest absolute Gasteiger partial charge is 0.00459 e. The zero-order valence-electron chi connectivity index (χ0n) is 7.71. The van der Waals surface area contributed by atoms with Crippen molar-refractivity contribution in [2.45, 2.75) is 25.7 Å². The minimum Gasteiger partial charge on any atom is -0.405 e. The Balaban J connectivity index is 3.39. The van der Waals surface area contributed by atoms with Crippen LogP contribution in [0, 0.1) is 5.92 Å². The van der Waals surface area contributed by atoms with E-state index in [1.165, 1.54) is 6.42 Å². The van der Waals surface area contributed by atoms with E-state index in [-0.39, 0.29) is 0 Å². The van der Waals surface area contributed by atoms with E-state index in [2.05, 4.69) is 0 Å². The Kier molecular flexibility index (Phi) is 8.17. The summed E-state index contributed by atoms with van der Waals surface area (Å²) in [6, 6.07) is 0. The zero-order valence-corrected chi connectivity index (χ0v) is 7.71. The standard InChI is InChI=1S/C9H21N3/c10-6-2-1-4-9(8-12)5-3-7-11/h3,7,9H,1-2,4-6,8,10-12H2. The Hall–Kier alpha value is -0.540. The van der Waals surface area contributed by atoms with E-state index in [0.717, 1.165) is 32.4 Å². The summed E-state index contributed by atoms with van der Waals surface area (Å²) in [6.45, 7) is 1.53. The Labute approximate surface area is 75.0 Å². The second-order valence-electron chi connectivity index (χ2n) is 3.05. The van der Waals surface area contributed by atoms with Gasteiger partial charge in [0.1, 0.15) is 0 Å². The maximum absolute atomic E-state index is 5.59. The average molecular weight is 171 g/mol. The number of allylic oxidation sites excluding steroid dienone is 1. The van der Waals surface area contributed by atoms with Gasteiger partial charge < -0.3 is 17.2 Å². The Morgan fingerprint density at radius 2 is 1.92 bits per heavy atom. The van der Waals surface area contributed by atoms with Crippen molar-refractivity contribution in [3.63, 3.8) is 0 Å². The minimum atomic E-state index is 0.580. The number of nitrogens with two attached hydrogens (primary N) is 3. The molecule has 0 aromatic heterocycles. The molecule has 0 radical (unpaired) electrons. The number of hydrogen-bond acceptors (Lipinski definition) is 3. The summed E-state index contributed by atoms with van der Waals surface area (Å²) in [5.74, 6) is 0.580. The highest BCUT2D eigenvalue weighted by Gasteiger charge is 2.02. The van der Waals surface area contributed by atoms with Crippen LogP contribution in [0.25, 0.3) is 0 Å². The first kappa shape index (κ1) is 11.5. The molecule has 0 aromatic carbocycles. The van der Waals surface area contributed by atoms with Crippen LogP contribution in [0.15, 0.2) is 12.3 Å². The predicted octanol–water partition coefficient (Wildman–Crippen LogP) is 0.553. The molecule has 6 N–H and O–H groups in total. The lowest BCUT2D eigenvalue weighted by Gasteiger charge is -2.11. The molecule has 72 valence electrons. The van der Waals surface area contributed by atoms with Crippen LogP contribution in [-0.2, 0) is 0 Å². The highest BCUT2D eigenvalue weighted by atomic mass is 14.5. The lowest BCUT2D eigenvalue weighted by Crippen LogP contribution is -2.14. The highest BCUT2D eigenvalue weighted by molar-refractivity contribution is 4.79. The van der Waals surface area contributed by atoms with E-state index in [4.69, 9.17) is 17.2 Å². The van der Waals surface area contributed by atoms with Crippen LogP contribution >= 0.6 is 0 Å². The van der Waals surface area contributed by atoms with Crippen molar-refractivity contribution in [1.82, 2.24) is 0 Å². The van der Waals surface area contributed by atoms with Gasteiger partial charge in [0.05, 0.1) is 0 Å². The molecule has 0 aliphatic rings. The first-order valence-electron chi connectivity index (χ1n) is 4.62. The van der Waals surface area contributed by atoms with Gasteiger partial charge in [-0.1, -0.05) is 12.5 Å². The van der Waals surface area contributed by atoms with Gasteiger partial charge in [0.2, 0.25) is 0 Å². The molecule has 0 aliphatic carbocycles. The second kappa shape index (κ2) is 8.56. The SMILES string of the molecule is NC=CCC(CN)CCCCN. The molecule has 0 saturated carbocycles. The van der Waals surface area contributed by atoms with Gasteiger partial charge in [0, 0.05) is 0 Å². The van der Waals surface area contributed by atoms with Crippen LogP contribution in [-0.4, -0.2) is 13.1 Å². The molecule has 0 aromatic rings. The van der Waals surface area contributed by atoms with Crippen LogP contribution in [0.2, 0.25) is 0 Å². The summed E-state index contributed by atoms with van der Waals surface area (Å²) < 4.78 is 0. The largest absolute Gasteiger partial charge is 0.405 e. The molecule has 0 aliphatic heterocycles.